The van der Waals surface area contributed by atoms with E-state index >= 15 is 0 Å². The van der Waals surface area contributed by atoms with Gasteiger partial charge in [-0.1, -0.05) is 35.9 Å². The number of benzene rings is 2. The quantitative estimate of drug-likeness (QED) is 0.359. The Balaban J connectivity index is 1.33. The van der Waals surface area contributed by atoms with Gasteiger partial charge in [-0.25, -0.2) is 4.98 Å². The van der Waals surface area contributed by atoms with Crippen LogP contribution < -0.4 is 20.5 Å². The summed E-state index contributed by atoms with van der Waals surface area (Å²) in [6.45, 7) is 0.648. The molecule has 0 bridgehead atoms. The molecule has 1 aliphatic heterocycles. The number of ether oxygens (including phenoxy) is 2. The van der Waals surface area contributed by atoms with Gasteiger partial charge in [0.15, 0.2) is 16.6 Å². The number of hydrogen-bond acceptors (Lipinski definition) is 7. The van der Waals surface area contributed by atoms with Crippen LogP contribution in [0.1, 0.15) is 54.0 Å². The van der Waals surface area contributed by atoms with E-state index in [1.807, 2.05) is 42.5 Å². The summed E-state index contributed by atoms with van der Waals surface area (Å²) < 4.78 is 10.9. The van der Waals surface area contributed by atoms with Gasteiger partial charge in [-0.3, -0.25) is 4.79 Å². The zero-order chi connectivity index (χ0) is 24.4. The number of nitrogens with two attached hydrogens (primary N) is 1. The standard InChI is InChI=1S/C26H28ClN3O4S/c27-20-4-2-1-3-18(20)19(7-6-17(31)9-12-28)23-14-29-25(35-23)30-24(32)26(10-11-26)16-5-8-21-22(13-16)34-15-33-21/h1-5,8,13-14,17,19,31H,6-7,9-12,15,28H2,(H,29,30,32)/t17-,19-/m0/s1. The number of thiazole rings is 1. The first-order valence-corrected chi connectivity index (χ1v) is 13.0. The molecule has 0 spiro atoms. The second-order valence-electron chi connectivity index (χ2n) is 9.05. The first-order valence-electron chi connectivity index (χ1n) is 11.8. The molecule has 4 N–H and O–H groups in total. The van der Waals surface area contributed by atoms with Gasteiger partial charge < -0.3 is 25.6 Å². The fraction of sp³-hybridized carbons (Fsp3) is 0.385. The van der Waals surface area contributed by atoms with Crippen molar-refractivity contribution in [1.82, 2.24) is 4.98 Å². The van der Waals surface area contributed by atoms with Crippen molar-refractivity contribution in [3.8, 4) is 11.5 Å². The van der Waals surface area contributed by atoms with Gasteiger partial charge in [0.2, 0.25) is 12.7 Å². The van der Waals surface area contributed by atoms with E-state index in [-0.39, 0.29) is 18.6 Å². The number of nitrogens with one attached hydrogen (secondary N) is 1. The van der Waals surface area contributed by atoms with Gasteiger partial charge in [-0.05, 0) is 68.0 Å². The highest BCUT2D eigenvalue weighted by Crippen LogP contribution is 2.51. The summed E-state index contributed by atoms with van der Waals surface area (Å²) in [5, 5.41) is 14.5. The number of rotatable bonds is 10. The number of aliphatic hydroxyl groups excluding tert-OH is 1. The minimum absolute atomic E-state index is 0.0389. The van der Waals surface area contributed by atoms with Gasteiger partial charge in [0.25, 0.3) is 0 Å². The molecule has 5 rings (SSSR count). The van der Waals surface area contributed by atoms with Gasteiger partial charge in [-0.15, -0.1) is 11.3 Å². The van der Waals surface area contributed by atoms with Crippen LogP contribution in [-0.4, -0.2) is 35.4 Å². The Kier molecular flexibility index (Phi) is 6.98. The molecule has 1 amide bonds. The molecule has 3 aromatic rings. The Hall–Kier alpha value is -2.65. The zero-order valence-corrected chi connectivity index (χ0v) is 20.8. The average molecular weight is 514 g/mol. The highest BCUT2D eigenvalue weighted by atomic mass is 35.5. The Bertz CT molecular complexity index is 1210. The van der Waals surface area contributed by atoms with Gasteiger partial charge >= 0.3 is 0 Å². The van der Waals surface area contributed by atoms with Gasteiger partial charge in [0.05, 0.1) is 11.5 Å². The minimum Gasteiger partial charge on any atom is -0.454 e. The van der Waals surface area contributed by atoms with E-state index < -0.39 is 11.5 Å². The largest absolute Gasteiger partial charge is 0.454 e. The Morgan fingerprint density at radius 2 is 1.97 bits per heavy atom. The number of hydrogen-bond donors (Lipinski definition) is 3. The molecule has 2 atom stereocenters. The number of aliphatic hydroxyl groups is 1. The van der Waals surface area contributed by atoms with Crippen molar-refractivity contribution >= 4 is 34.0 Å². The monoisotopic (exact) mass is 513 g/mol. The van der Waals surface area contributed by atoms with E-state index in [0.717, 1.165) is 28.8 Å². The summed E-state index contributed by atoms with van der Waals surface area (Å²) in [7, 11) is 0. The predicted octanol–water partition coefficient (Wildman–Crippen LogP) is 4.82. The smallest absolute Gasteiger partial charge is 0.236 e. The van der Waals surface area contributed by atoms with Crippen molar-refractivity contribution in [2.24, 2.45) is 5.73 Å². The average Bonchev–Trinajstić information content (AvgIpc) is 3.31. The van der Waals surface area contributed by atoms with Crippen LogP contribution in [0.3, 0.4) is 0 Å². The molecule has 1 fully saturated rings. The van der Waals surface area contributed by atoms with Crippen LogP contribution in [0.25, 0.3) is 0 Å². The van der Waals surface area contributed by atoms with Crippen molar-refractivity contribution in [3.05, 3.63) is 69.7 Å². The summed E-state index contributed by atoms with van der Waals surface area (Å²) in [5.41, 5.74) is 6.94. The molecule has 184 valence electrons. The molecule has 35 heavy (non-hydrogen) atoms. The maximum absolute atomic E-state index is 13.3. The van der Waals surface area contributed by atoms with Crippen molar-refractivity contribution in [3.63, 3.8) is 0 Å². The number of nitrogens with zero attached hydrogens (tertiary/aromatic N) is 1. The summed E-state index contributed by atoms with van der Waals surface area (Å²) in [6.07, 6.45) is 4.73. The second-order valence-corrected chi connectivity index (χ2v) is 10.5. The molecule has 7 nitrogen and oxygen atoms in total. The predicted molar refractivity (Wildman–Crippen MR) is 136 cm³/mol. The lowest BCUT2D eigenvalue weighted by Gasteiger charge is -2.19. The molecule has 0 unspecified atom stereocenters. The Labute approximate surface area is 213 Å². The Morgan fingerprint density at radius 1 is 1.17 bits per heavy atom. The number of fused-ring (bicyclic) bond motifs is 1. The summed E-state index contributed by atoms with van der Waals surface area (Å²) in [6, 6.07) is 13.4. The second kappa shape index (κ2) is 10.1. The normalized spacial score (nSPS) is 17.1. The number of carbonyl (C=O) groups is 1. The number of aromatic nitrogens is 1. The first-order chi connectivity index (χ1) is 17.0. The SMILES string of the molecule is NCC[C@@H](O)CC[C@H](c1cnc(NC(=O)C2(c3ccc4c(c3)OCO4)CC2)s1)c1ccccc1Cl. The van der Waals surface area contributed by atoms with Crippen LogP contribution in [0, 0.1) is 0 Å². The summed E-state index contributed by atoms with van der Waals surface area (Å²) in [5.74, 6) is 1.28. The van der Waals surface area contributed by atoms with E-state index in [2.05, 4.69) is 10.3 Å². The lowest BCUT2D eigenvalue weighted by atomic mass is 9.91. The van der Waals surface area contributed by atoms with Crippen LogP contribution in [0.2, 0.25) is 5.02 Å². The highest BCUT2D eigenvalue weighted by Gasteiger charge is 2.52. The molecule has 2 aliphatic rings. The Morgan fingerprint density at radius 3 is 2.74 bits per heavy atom. The molecule has 1 aromatic heterocycles. The van der Waals surface area contributed by atoms with E-state index in [0.29, 0.717) is 47.5 Å². The van der Waals surface area contributed by atoms with Crippen LogP contribution in [0.5, 0.6) is 11.5 Å². The van der Waals surface area contributed by atoms with Crippen LogP contribution in [-0.2, 0) is 10.2 Å². The summed E-state index contributed by atoms with van der Waals surface area (Å²) in [4.78, 5) is 18.8. The van der Waals surface area contributed by atoms with E-state index in [1.165, 1.54) is 11.3 Å². The molecular formula is C26H28ClN3O4S. The maximum atomic E-state index is 13.3. The molecular weight excluding hydrogens is 486 g/mol. The van der Waals surface area contributed by atoms with Crippen LogP contribution >= 0.6 is 22.9 Å². The van der Waals surface area contributed by atoms with E-state index in [1.54, 1.807) is 6.20 Å². The van der Waals surface area contributed by atoms with E-state index in [4.69, 9.17) is 26.8 Å². The molecule has 2 heterocycles. The highest BCUT2D eigenvalue weighted by molar-refractivity contribution is 7.15. The van der Waals surface area contributed by atoms with Crippen molar-refractivity contribution in [2.45, 2.75) is 49.5 Å². The number of halogens is 1. The molecule has 1 saturated carbocycles. The number of anilines is 1. The lowest BCUT2D eigenvalue weighted by molar-refractivity contribution is -0.118. The molecule has 0 saturated heterocycles. The first kappa shape index (κ1) is 24.1. The minimum atomic E-state index is -0.568. The van der Waals surface area contributed by atoms with Crippen LogP contribution in [0.15, 0.2) is 48.7 Å². The van der Waals surface area contributed by atoms with Crippen LogP contribution in [0.4, 0.5) is 5.13 Å². The van der Waals surface area contributed by atoms with Crippen molar-refractivity contribution in [1.29, 1.82) is 0 Å². The fourth-order valence-corrected chi connectivity index (χ4v) is 5.83. The van der Waals surface area contributed by atoms with Crippen molar-refractivity contribution in [2.75, 3.05) is 18.7 Å². The topological polar surface area (TPSA) is 107 Å². The lowest BCUT2D eigenvalue weighted by Crippen LogP contribution is -2.27. The molecule has 0 radical (unpaired) electrons. The zero-order valence-electron chi connectivity index (χ0n) is 19.2. The molecule has 1 aliphatic carbocycles. The van der Waals surface area contributed by atoms with Gasteiger partial charge in [0, 0.05) is 22.0 Å². The molecule has 2 aromatic carbocycles. The third-order valence-electron chi connectivity index (χ3n) is 6.77. The van der Waals surface area contributed by atoms with Gasteiger partial charge in [0.1, 0.15) is 0 Å². The summed E-state index contributed by atoms with van der Waals surface area (Å²) >= 11 is 7.97. The fourth-order valence-electron chi connectivity index (χ4n) is 4.59. The van der Waals surface area contributed by atoms with E-state index in [9.17, 15) is 9.90 Å². The van der Waals surface area contributed by atoms with Crippen molar-refractivity contribution < 1.29 is 19.4 Å². The third-order valence-corrected chi connectivity index (χ3v) is 8.14. The number of carbonyl (C=O) groups excluding carboxylic acids is 1. The third kappa shape index (κ3) is 5.02. The van der Waals surface area contributed by atoms with Gasteiger partial charge in [-0.2, -0.15) is 0 Å². The number of amides is 1. The molecule has 9 heteroatoms. The maximum Gasteiger partial charge on any atom is 0.236 e.